The van der Waals surface area contributed by atoms with Crippen LogP contribution in [-0.2, 0) is 10.0 Å². The van der Waals surface area contributed by atoms with Gasteiger partial charge in [0.05, 0.1) is 0 Å². The van der Waals surface area contributed by atoms with Gasteiger partial charge < -0.3 is 10.6 Å². The minimum atomic E-state index is -3.83. The van der Waals surface area contributed by atoms with Crippen molar-refractivity contribution in [2.75, 3.05) is 32.9 Å². The summed E-state index contributed by atoms with van der Waals surface area (Å²) in [7, 11) is 0.137. The summed E-state index contributed by atoms with van der Waals surface area (Å²) in [6, 6.07) is 3.01. The maximum atomic E-state index is 14.2. The molecule has 1 saturated heterocycles. The van der Waals surface area contributed by atoms with E-state index in [0.717, 1.165) is 12.8 Å². The van der Waals surface area contributed by atoms with Gasteiger partial charge >= 0.3 is 0 Å². The molecule has 118 valence electrons. The zero-order valence-electron chi connectivity index (χ0n) is 12.6. The van der Waals surface area contributed by atoms with Crippen LogP contribution in [0, 0.1) is 12.7 Å². The number of piperidine rings is 1. The molecule has 0 aromatic heterocycles. The number of sulfonamides is 1. The summed E-state index contributed by atoms with van der Waals surface area (Å²) < 4.78 is 40.7. The maximum absolute atomic E-state index is 14.2. The molecule has 0 amide bonds. The minimum Gasteiger partial charge on any atom is -0.399 e. The minimum absolute atomic E-state index is 0.247. The Morgan fingerprint density at radius 3 is 2.38 bits per heavy atom. The van der Waals surface area contributed by atoms with E-state index in [1.165, 1.54) is 23.4 Å². The van der Waals surface area contributed by atoms with Crippen LogP contribution in [0.15, 0.2) is 17.0 Å². The van der Waals surface area contributed by atoms with Crippen molar-refractivity contribution in [1.82, 2.24) is 9.21 Å². The van der Waals surface area contributed by atoms with E-state index in [4.69, 9.17) is 5.73 Å². The molecule has 0 spiro atoms. The van der Waals surface area contributed by atoms with Gasteiger partial charge in [0.1, 0.15) is 10.7 Å². The Hall–Kier alpha value is -1.18. The Kier molecular flexibility index (Phi) is 4.55. The van der Waals surface area contributed by atoms with Gasteiger partial charge in [0, 0.05) is 24.8 Å². The van der Waals surface area contributed by atoms with Gasteiger partial charge in [-0.1, -0.05) is 0 Å². The topological polar surface area (TPSA) is 66.6 Å². The lowest BCUT2D eigenvalue weighted by Gasteiger charge is -2.34. The number of aryl methyl sites for hydroxylation is 1. The smallest absolute Gasteiger partial charge is 0.246 e. The fourth-order valence-electron chi connectivity index (χ4n) is 2.69. The van der Waals surface area contributed by atoms with Crippen LogP contribution in [0.25, 0.3) is 0 Å². The quantitative estimate of drug-likeness (QED) is 0.857. The van der Waals surface area contributed by atoms with Crippen molar-refractivity contribution in [1.29, 1.82) is 0 Å². The number of anilines is 1. The number of nitrogens with zero attached hydrogens (tertiary/aromatic N) is 2. The highest BCUT2D eigenvalue weighted by Gasteiger charge is 2.32. The SMILES string of the molecule is Cc1cc(N)cc(S(=O)(=O)N2CCC(N(C)C)CC2)c1F. The highest BCUT2D eigenvalue weighted by molar-refractivity contribution is 7.89. The molecule has 1 aliphatic rings. The Balaban J connectivity index is 2.28. The molecule has 2 N–H and O–H groups in total. The molecule has 0 bridgehead atoms. The third-order valence-electron chi connectivity index (χ3n) is 4.02. The highest BCUT2D eigenvalue weighted by Crippen LogP contribution is 2.27. The zero-order chi connectivity index (χ0) is 15.8. The molecule has 7 heteroatoms. The average Bonchev–Trinajstić information content (AvgIpc) is 2.42. The van der Waals surface area contributed by atoms with Crippen LogP contribution in [-0.4, -0.2) is 50.8 Å². The average molecular weight is 315 g/mol. The van der Waals surface area contributed by atoms with Gasteiger partial charge in [0.25, 0.3) is 0 Å². The van der Waals surface area contributed by atoms with Crippen LogP contribution in [0.3, 0.4) is 0 Å². The fourth-order valence-corrected chi connectivity index (χ4v) is 4.33. The van der Waals surface area contributed by atoms with Gasteiger partial charge in [-0.05, 0) is 51.6 Å². The maximum Gasteiger partial charge on any atom is 0.246 e. The summed E-state index contributed by atoms with van der Waals surface area (Å²) >= 11 is 0. The number of halogens is 1. The predicted molar refractivity (Wildman–Crippen MR) is 81.0 cm³/mol. The Morgan fingerprint density at radius 2 is 1.86 bits per heavy atom. The van der Waals surface area contributed by atoms with Gasteiger partial charge in [-0.25, -0.2) is 12.8 Å². The zero-order valence-corrected chi connectivity index (χ0v) is 13.5. The second kappa shape index (κ2) is 5.90. The van der Waals surface area contributed by atoms with Gasteiger partial charge in [0.2, 0.25) is 10.0 Å². The molecule has 2 rings (SSSR count). The van der Waals surface area contributed by atoms with Crippen molar-refractivity contribution in [2.24, 2.45) is 0 Å². The second-order valence-electron chi connectivity index (χ2n) is 5.75. The van der Waals surface area contributed by atoms with E-state index < -0.39 is 15.8 Å². The van der Waals surface area contributed by atoms with Crippen LogP contribution in [0.5, 0.6) is 0 Å². The van der Waals surface area contributed by atoms with E-state index in [9.17, 15) is 12.8 Å². The van der Waals surface area contributed by atoms with E-state index in [2.05, 4.69) is 4.90 Å². The number of benzene rings is 1. The first-order valence-corrected chi connectivity index (χ1v) is 8.39. The van der Waals surface area contributed by atoms with Crippen molar-refractivity contribution in [3.8, 4) is 0 Å². The normalized spacial score (nSPS) is 18.3. The summed E-state index contributed by atoms with van der Waals surface area (Å²) in [5.74, 6) is -0.709. The number of nitrogen functional groups attached to an aromatic ring is 1. The number of hydrogen-bond acceptors (Lipinski definition) is 4. The molecular weight excluding hydrogens is 293 g/mol. The van der Waals surface area contributed by atoms with Crippen LogP contribution >= 0.6 is 0 Å². The second-order valence-corrected chi connectivity index (χ2v) is 7.66. The van der Waals surface area contributed by atoms with Crippen molar-refractivity contribution in [3.63, 3.8) is 0 Å². The summed E-state index contributed by atoms with van der Waals surface area (Å²) in [5.41, 5.74) is 6.17. The number of nitrogens with two attached hydrogens (primary N) is 1. The van der Waals surface area contributed by atoms with Gasteiger partial charge in [-0.15, -0.1) is 0 Å². The van der Waals surface area contributed by atoms with Gasteiger partial charge in [-0.3, -0.25) is 0 Å². The predicted octanol–water partition coefficient (Wildman–Crippen LogP) is 1.43. The Morgan fingerprint density at radius 1 is 1.29 bits per heavy atom. The standard InChI is InChI=1S/C14H22FN3O2S/c1-10-8-11(16)9-13(14(10)15)21(19,20)18-6-4-12(5-7-18)17(2)3/h8-9,12H,4-7,16H2,1-3H3. The summed E-state index contributed by atoms with van der Waals surface area (Å²) in [4.78, 5) is 1.78. The molecule has 1 fully saturated rings. The van der Waals surface area contributed by atoms with E-state index in [-0.39, 0.29) is 16.1 Å². The van der Waals surface area contributed by atoms with Crippen LogP contribution < -0.4 is 5.73 Å². The fraction of sp³-hybridized carbons (Fsp3) is 0.571. The molecule has 1 aromatic rings. The highest BCUT2D eigenvalue weighted by atomic mass is 32.2. The first-order valence-electron chi connectivity index (χ1n) is 6.95. The van der Waals surface area contributed by atoms with Gasteiger partial charge in [-0.2, -0.15) is 4.31 Å². The van der Waals surface area contributed by atoms with Crippen molar-refractivity contribution in [3.05, 3.63) is 23.5 Å². The molecule has 5 nitrogen and oxygen atoms in total. The lowest BCUT2D eigenvalue weighted by Crippen LogP contribution is -2.44. The monoisotopic (exact) mass is 315 g/mol. The largest absolute Gasteiger partial charge is 0.399 e. The molecular formula is C14H22FN3O2S. The molecule has 21 heavy (non-hydrogen) atoms. The first-order chi connectivity index (χ1) is 9.73. The van der Waals surface area contributed by atoms with Crippen LogP contribution in [0.2, 0.25) is 0 Å². The molecule has 0 atom stereocenters. The molecule has 1 aromatic carbocycles. The van der Waals surface area contributed by atoms with E-state index in [1.807, 2.05) is 14.1 Å². The molecule has 1 heterocycles. The molecule has 0 aliphatic carbocycles. The number of hydrogen-bond donors (Lipinski definition) is 1. The van der Waals surface area contributed by atoms with Crippen molar-refractivity contribution < 1.29 is 12.8 Å². The Labute approximate surface area is 125 Å². The van der Waals surface area contributed by atoms with E-state index in [1.54, 1.807) is 0 Å². The third-order valence-corrected chi connectivity index (χ3v) is 5.91. The summed E-state index contributed by atoms with van der Waals surface area (Å²) in [6.07, 6.45) is 1.49. The van der Waals surface area contributed by atoms with Crippen molar-refractivity contribution in [2.45, 2.75) is 30.7 Å². The molecule has 1 aliphatic heterocycles. The first kappa shape index (κ1) is 16.2. The summed E-state index contributed by atoms with van der Waals surface area (Å²) in [5, 5.41) is 0. The summed E-state index contributed by atoms with van der Waals surface area (Å²) in [6.45, 7) is 2.32. The molecule has 0 radical (unpaired) electrons. The van der Waals surface area contributed by atoms with E-state index >= 15 is 0 Å². The molecule has 0 unspecified atom stereocenters. The lowest BCUT2D eigenvalue weighted by molar-refractivity contribution is 0.196. The number of rotatable bonds is 3. The van der Waals surface area contributed by atoms with Crippen LogP contribution in [0.1, 0.15) is 18.4 Å². The third kappa shape index (κ3) is 3.20. The molecule has 0 saturated carbocycles. The lowest BCUT2D eigenvalue weighted by atomic mass is 10.1. The van der Waals surface area contributed by atoms with Crippen LogP contribution in [0.4, 0.5) is 10.1 Å². The Bertz CT molecular complexity index is 623. The van der Waals surface area contributed by atoms with Gasteiger partial charge in [0.15, 0.2) is 0 Å². The van der Waals surface area contributed by atoms with E-state index in [0.29, 0.717) is 19.1 Å². The van der Waals surface area contributed by atoms with Crippen molar-refractivity contribution >= 4 is 15.7 Å².